The van der Waals surface area contributed by atoms with Crippen molar-refractivity contribution in [2.45, 2.75) is 59.8 Å². The number of hydrogen-bond donors (Lipinski definition) is 0. The van der Waals surface area contributed by atoms with Crippen molar-refractivity contribution in [3.8, 4) is 0 Å². The molecule has 152 valence electrons. The number of benzene rings is 1. The molecule has 27 heavy (non-hydrogen) atoms. The Kier molecular flexibility index (Phi) is 11.6. The largest absolute Gasteiger partial charge is 0.462 e. The van der Waals surface area contributed by atoms with Crippen LogP contribution in [0.25, 0.3) is 0 Å². The van der Waals surface area contributed by atoms with Crippen molar-refractivity contribution in [1.29, 1.82) is 0 Å². The van der Waals surface area contributed by atoms with Crippen molar-refractivity contribution in [2.75, 3.05) is 32.8 Å². The standard InChI is InChI=1S/C23H37BrNO2/c1-5-8-9-12-17-27-23(26)19-25(6-2,7-3)16-15-20(4)18-21-13-10-11-14-22(21)24/h10-11,13-15H,5-9,12,16-19H2,1-4H3/q+1/b20-15-. The summed E-state index contributed by atoms with van der Waals surface area (Å²) in [5, 5.41) is 0. The number of carbonyl (C=O) groups is 1. The lowest BCUT2D eigenvalue weighted by atomic mass is 10.1. The van der Waals surface area contributed by atoms with Crippen molar-refractivity contribution in [3.05, 3.63) is 46.0 Å². The van der Waals surface area contributed by atoms with Crippen LogP contribution in [0.3, 0.4) is 0 Å². The molecule has 0 aliphatic heterocycles. The minimum Gasteiger partial charge on any atom is -0.462 e. The third-order valence-electron chi connectivity index (χ3n) is 5.32. The highest BCUT2D eigenvalue weighted by atomic mass is 79.9. The van der Waals surface area contributed by atoms with Crippen LogP contribution in [0.4, 0.5) is 0 Å². The van der Waals surface area contributed by atoms with E-state index in [9.17, 15) is 4.79 Å². The van der Waals surface area contributed by atoms with Gasteiger partial charge in [0.05, 0.1) is 26.2 Å². The molecule has 0 fully saturated rings. The molecule has 0 N–H and O–H groups in total. The van der Waals surface area contributed by atoms with Gasteiger partial charge in [-0.2, -0.15) is 0 Å². The number of unbranched alkanes of at least 4 members (excludes halogenated alkanes) is 3. The van der Waals surface area contributed by atoms with Gasteiger partial charge in [-0.05, 0) is 51.3 Å². The zero-order valence-corrected chi connectivity index (χ0v) is 19.2. The summed E-state index contributed by atoms with van der Waals surface area (Å²) < 4.78 is 7.38. The van der Waals surface area contributed by atoms with Crippen molar-refractivity contribution in [1.82, 2.24) is 0 Å². The average molecular weight is 439 g/mol. The molecule has 0 atom stereocenters. The Morgan fingerprint density at radius 2 is 1.81 bits per heavy atom. The van der Waals surface area contributed by atoms with Crippen molar-refractivity contribution in [2.24, 2.45) is 0 Å². The first-order valence-corrected chi connectivity index (χ1v) is 11.2. The van der Waals surface area contributed by atoms with E-state index < -0.39 is 0 Å². The fraction of sp³-hybridized carbons (Fsp3) is 0.609. The molecular weight excluding hydrogens is 402 g/mol. The fourth-order valence-corrected chi connectivity index (χ4v) is 3.59. The molecule has 1 rings (SSSR count). The van der Waals surface area contributed by atoms with Gasteiger partial charge in [0.15, 0.2) is 6.54 Å². The number of halogens is 1. The Morgan fingerprint density at radius 1 is 1.11 bits per heavy atom. The zero-order valence-electron chi connectivity index (χ0n) is 17.6. The highest BCUT2D eigenvalue weighted by Gasteiger charge is 2.26. The molecule has 0 unspecified atom stereocenters. The Labute approximate surface area is 174 Å². The summed E-state index contributed by atoms with van der Waals surface area (Å²) in [4.78, 5) is 12.3. The number of quaternary nitrogens is 1. The van der Waals surface area contributed by atoms with Crippen LogP contribution in [0.1, 0.15) is 58.9 Å². The second-order valence-electron chi connectivity index (χ2n) is 7.41. The van der Waals surface area contributed by atoms with Crippen LogP contribution in [0.15, 0.2) is 40.4 Å². The number of nitrogens with zero attached hydrogens (tertiary/aromatic N) is 1. The van der Waals surface area contributed by atoms with Crippen LogP contribution >= 0.6 is 15.9 Å². The third-order valence-corrected chi connectivity index (χ3v) is 6.09. The summed E-state index contributed by atoms with van der Waals surface area (Å²) in [6, 6.07) is 8.34. The average Bonchev–Trinajstić information content (AvgIpc) is 2.67. The lowest BCUT2D eigenvalue weighted by Gasteiger charge is -2.35. The maximum absolute atomic E-state index is 12.3. The molecule has 3 nitrogen and oxygen atoms in total. The summed E-state index contributed by atoms with van der Waals surface area (Å²) in [7, 11) is 0. The monoisotopic (exact) mass is 438 g/mol. The Bertz CT molecular complexity index is 594. The SMILES string of the molecule is CCCCCCOC(=O)C[N+](CC)(CC)C/C=C(/C)Cc1ccccc1Br. The molecule has 0 heterocycles. The highest BCUT2D eigenvalue weighted by molar-refractivity contribution is 9.10. The van der Waals surface area contributed by atoms with Crippen LogP contribution in [0.2, 0.25) is 0 Å². The van der Waals surface area contributed by atoms with Crippen LogP contribution in [-0.2, 0) is 16.0 Å². The normalized spacial score (nSPS) is 12.3. The molecule has 0 spiro atoms. The van der Waals surface area contributed by atoms with Gasteiger partial charge >= 0.3 is 5.97 Å². The Hall–Kier alpha value is -1.13. The van der Waals surface area contributed by atoms with Gasteiger partial charge in [0.1, 0.15) is 0 Å². The minimum absolute atomic E-state index is 0.0629. The van der Waals surface area contributed by atoms with Crippen LogP contribution < -0.4 is 0 Å². The van der Waals surface area contributed by atoms with E-state index in [-0.39, 0.29) is 5.97 Å². The van der Waals surface area contributed by atoms with Gasteiger partial charge in [0, 0.05) is 4.47 Å². The van der Waals surface area contributed by atoms with E-state index >= 15 is 0 Å². The summed E-state index contributed by atoms with van der Waals surface area (Å²) in [5.41, 5.74) is 2.63. The van der Waals surface area contributed by atoms with Crippen LogP contribution in [-0.4, -0.2) is 43.2 Å². The molecule has 1 aromatic rings. The second kappa shape index (κ2) is 13.1. The van der Waals surface area contributed by atoms with Gasteiger partial charge in [-0.15, -0.1) is 0 Å². The zero-order chi connectivity index (χ0) is 20.1. The number of hydrogen-bond acceptors (Lipinski definition) is 2. The van der Waals surface area contributed by atoms with Crippen LogP contribution in [0, 0.1) is 0 Å². The smallest absolute Gasteiger partial charge is 0.361 e. The number of esters is 1. The van der Waals surface area contributed by atoms with Crippen molar-refractivity contribution >= 4 is 21.9 Å². The number of allylic oxidation sites excluding steroid dienone is 1. The van der Waals surface area contributed by atoms with Crippen molar-refractivity contribution in [3.63, 3.8) is 0 Å². The van der Waals surface area contributed by atoms with Gasteiger partial charge in [0.2, 0.25) is 0 Å². The summed E-state index contributed by atoms with van der Waals surface area (Å²) in [5.74, 6) is -0.0629. The third kappa shape index (κ3) is 9.07. The van der Waals surface area contributed by atoms with Gasteiger partial charge in [-0.1, -0.05) is 65.9 Å². The van der Waals surface area contributed by atoms with Gasteiger partial charge in [-0.25, -0.2) is 4.79 Å². The first-order chi connectivity index (χ1) is 13.0. The van der Waals surface area contributed by atoms with Gasteiger partial charge in [-0.3, -0.25) is 0 Å². The molecule has 0 amide bonds. The second-order valence-corrected chi connectivity index (χ2v) is 8.27. The molecule has 4 heteroatoms. The van der Waals surface area contributed by atoms with Gasteiger partial charge < -0.3 is 9.22 Å². The summed E-state index contributed by atoms with van der Waals surface area (Å²) in [6.45, 7) is 12.4. The molecule has 1 aromatic carbocycles. The summed E-state index contributed by atoms with van der Waals surface area (Å²) >= 11 is 3.62. The van der Waals surface area contributed by atoms with E-state index in [0.29, 0.717) is 13.2 Å². The first kappa shape index (κ1) is 23.9. The van der Waals surface area contributed by atoms with E-state index in [2.05, 4.69) is 67.9 Å². The van der Waals surface area contributed by atoms with E-state index in [1.54, 1.807) is 0 Å². The van der Waals surface area contributed by atoms with Crippen molar-refractivity contribution < 1.29 is 14.0 Å². The van der Waals surface area contributed by atoms with E-state index in [1.165, 1.54) is 24.0 Å². The summed E-state index contributed by atoms with van der Waals surface area (Å²) in [6.07, 6.45) is 7.75. The number of carbonyl (C=O) groups excluding carboxylic acids is 1. The Balaban J connectivity index is 2.59. The highest BCUT2D eigenvalue weighted by Crippen LogP contribution is 2.19. The molecule has 0 aliphatic carbocycles. The first-order valence-electron chi connectivity index (χ1n) is 10.4. The van der Waals surface area contributed by atoms with E-state index in [4.69, 9.17) is 4.74 Å². The fourth-order valence-electron chi connectivity index (χ4n) is 3.17. The quantitative estimate of drug-likeness (QED) is 0.165. The molecule has 0 radical (unpaired) electrons. The topological polar surface area (TPSA) is 26.3 Å². The molecule has 0 saturated heterocycles. The lowest BCUT2D eigenvalue weighted by Crippen LogP contribution is -2.51. The molecule has 0 saturated carbocycles. The van der Waals surface area contributed by atoms with E-state index in [0.717, 1.165) is 47.9 Å². The molecule has 0 bridgehead atoms. The Morgan fingerprint density at radius 3 is 2.44 bits per heavy atom. The van der Waals surface area contributed by atoms with E-state index in [1.807, 2.05) is 6.07 Å². The number of likely N-dealkylation sites (N-methyl/N-ethyl adjacent to an activating group) is 1. The number of rotatable bonds is 13. The number of ether oxygens (including phenoxy) is 1. The maximum Gasteiger partial charge on any atom is 0.361 e. The predicted molar refractivity (Wildman–Crippen MR) is 118 cm³/mol. The molecule has 0 aliphatic rings. The molecular formula is C23H37BrNO2+. The lowest BCUT2D eigenvalue weighted by molar-refractivity contribution is -0.912. The maximum atomic E-state index is 12.3. The van der Waals surface area contributed by atoms with Crippen LogP contribution in [0.5, 0.6) is 0 Å². The predicted octanol–water partition coefficient (Wildman–Crippen LogP) is 5.92. The molecule has 0 aromatic heterocycles. The van der Waals surface area contributed by atoms with Gasteiger partial charge in [0.25, 0.3) is 0 Å². The minimum atomic E-state index is -0.0629.